The zero-order chi connectivity index (χ0) is 20.5. The Hall–Kier alpha value is -1.56. The largest absolute Gasteiger partial charge is 0.511 e. The van der Waals surface area contributed by atoms with Crippen molar-refractivity contribution in [2.75, 3.05) is 39.8 Å². The van der Waals surface area contributed by atoms with Crippen LogP contribution in [0.3, 0.4) is 0 Å². The van der Waals surface area contributed by atoms with E-state index in [4.69, 9.17) is 0 Å². The van der Waals surface area contributed by atoms with E-state index in [1.165, 1.54) is 0 Å². The second-order valence-corrected chi connectivity index (χ2v) is 8.20. The monoisotopic (exact) mass is 415 g/mol. The Labute approximate surface area is 158 Å². The average molecular weight is 415 g/mol. The highest BCUT2D eigenvalue weighted by molar-refractivity contribution is 7.90. The number of sulfonamides is 1. The molecule has 1 fully saturated rings. The van der Waals surface area contributed by atoms with Gasteiger partial charge < -0.3 is 16.0 Å². The van der Waals surface area contributed by atoms with Gasteiger partial charge in [-0.3, -0.25) is 9.79 Å². The van der Waals surface area contributed by atoms with Gasteiger partial charge in [-0.2, -0.15) is 17.5 Å². The van der Waals surface area contributed by atoms with Crippen LogP contribution in [0.15, 0.2) is 4.99 Å². The number of nitrogens with one attached hydrogen (secondary N) is 3. The van der Waals surface area contributed by atoms with Crippen molar-refractivity contribution in [2.24, 2.45) is 10.9 Å². The fourth-order valence-electron chi connectivity index (χ4n) is 2.61. The molecule has 0 aromatic carbocycles. The Morgan fingerprint density at radius 2 is 1.78 bits per heavy atom. The molecule has 8 nitrogen and oxygen atoms in total. The summed E-state index contributed by atoms with van der Waals surface area (Å²) in [6, 6.07) is 0. The zero-order valence-electron chi connectivity index (χ0n) is 15.6. The van der Waals surface area contributed by atoms with Crippen molar-refractivity contribution < 1.29 is 26.4 Å². The Bertz CT molecular complexity index is 602. The molecular weight excluding hydrogens is 387 g/mol. The van der Waals surface area contributed by atoms with Gasteiger partial charge in [0.2, 0.25) is 5.91 Å². The van der Waals surface area contributed by atoms with E-state index in [1.807, 2.05) is 6.92 Å². The summed E-state index contributed by atoms with van der Waals surface area (Å²) in [4.78, 5) is 15.5. The van der Waals surface area contributed by atoms with Gasteiger partial charge in [0.05, 0.1) is 0 Å². The number of halogens is 3. The summed E-state index contributed by atoms with van der Waals surface area (Å²) in [7, 11) is -3.67. The van der Waals surface area contributed by atoms with Crippen LogP contribution in [0.4, 0.5) is 13.2 Å². The van der Waals surface area contributed by atoms with Crippen molar-refractivity contribution in [3.05, 3.63) is 0 Å². The number of carbonyl (C=O) groups is 1. The van der Waals surface area contributed by atoms with Gasteiger partial charge in [0, 0.05) is 46.2 Å². The second-order valence-electron chi connectivity index (χ2n) is 6.27. The predicted molar refractivity (Wildman–Crippen MR) is 96.6 cm³/mol. The molecule has 12 heteroatoms. The van der Waals surface area contributed by atoms with Gasteiger partial charge in [-0.1, -0.05) is 6.92 Å². The molecule has 158 valence electrons. The van der Waals surface area contributed by atoms with E-state index >= 15 is 0 Å². The molecule has 1 rings (SSSR count). The number of hydrogen-bond donors (Lipinski definition) is 3. The molecule has 0 atom stereocenters. The molecule has 1 heterocycles. The molecule has 0 unspecified atom stereocenters. The Morgan fingerprint density at radius 1 is 1.15 bits per heavy atom. The first-order valence-corrected chi connectivity index (χ1v) is 10.3. The van der Waals surface area contributed by atoms with E-state index in [1.54, 1.807) is 7.05 Å². The predicted octanol–water partition coefficient (Wildman–Crippen LogP) is 0.629. The number of amides is 1. The van der Waals surface area contributed by atoms with Gasteiger partial charge >= 0.3 is 15.5 Å². The van der Waals surface area contributed by atoms with Gasteiger partial charge in [0.1, 0.15) is 0 Å². The number of alkyl halides is 3. The summed E-state index contributed by atoms with van der Waals surface area (Å²) in [5.74, 6) is 0.470. The number of nitrogens with zero attached hydrogens (tertiary/aromatic N) is 2. The Kier molecular flexibility index (Phi) is 9.30. The Morgan fingerprint density at radius 3 is 2.30 bits per heavy atom. The van der Waals surface area contributed by atoms with Crippen LogP contribution < -0.4 is 16.0 Å². The summed E-state index contributed by atoms with van der Waals surface area (Å²) in [5.41, 5.74) is -5.26. The first-order valence-electron chi connectivity index (χ1n) is 8.89. The molecule has 0 aromatic heterocycles. The van der Waals surface area contributed by atoms with Crippen molar-refractivity contribution in [3.63, 3.8) is 0 Å². The Balaban J connectivity index is 2.33. The van der Waals surface area contributed by atoms with Crippen molar-refractivity contribution in [1.82, 2.24) is 20.3 Å². The molecule has 0 saturated carbocycles. The molecule has 0 radical (unpaired) electrons. The highest BCUT2D eigenvalue weighted by atomic mass is 32.2. The van der Waals surface area contributed by atoms with E-state index in [2.05, 4.69) is 20.9 Å². The van der Waals surface area contributed by atoms with E-state index in [0.717, 1.165) is 6.42 Å². The number of piperidine rings is 1. The maximum absolute atomic E-state index is 12.6. The average Bonchev–Trinajstić information content (AvgIpc) is 2.62. The van der Waals surface area contributed by atoms with E-state index in [0.29, 0.717) is 49.2 Å². The molecule has 0 aliphatic carbocycles. The van der Waals surface area contributed by atoms with Crippen LogP contribution >= 0.6 is 0 Å². The number of rotatable bonds is 8. The smallest absolute Gasteiger partial charge is 0.356 e. The van der Waals surface area contributed by atoms with Gasteiger partial charge in [-0.05, 0) is 25.2 Å². The molecule has 27 heavy (non-hydrogen) atoms. The lowest BCUT2D eigenvalue weighted by atomic mass is 9.98. The minimum Gasteiger partial charge on any atom is -0.356 e. The number of guanidine groups is 1. The number of aliphatic imine (C=N–C) groups is 1. The quantitative estimate of drug-likeness (QED) is 0.399. The molecule has 1 saturated heterocycles. The molecule has 0 aromatic rings. The molecule has 1 amide bonds. The van der Waals surface area contributed by atoms with Gasteiger partial charge in [0.15, 0.2) is 5.96 Å². The van der Waals surface area contributed by atoms with Crippen LogP contribution in [0.1, 0.15) is 32.6 Å². The maximum Gasteiger partial charge on any atom is 0.511 e. The van der Waals surface area contributed by atoms with Crippen molar-refractivity contribution in [1.29, 1.82) is 0 Å². The first-order chi connectivity index (χ1) is 12.6. The van der Waals surface area contributed by atoms with Crippen LogP contribution in [0, 0.1) is 5.92 Å². The second kappa shape index (κ2) is 10.7. The highest BCUT2D eigenvalue weighted by Crippen LogP contribution is 2.30. The van der Waals surface area contributed by atoms with Gasteiger partial charge in [-0.25, -0.2) is 8.42 Å². The van der Waals surface area contributed by atoms with Crippen molar-refractivity contribution in [2.45, 2.75) is 38.1 Å². The highest BCUT2D eigenvalue weighted by Gasteiger charge is 2.50. The summed E-state index contributed by atoms with van der Waals surface area (Å²) < 4.78 is 61.0. The standard InChI is InChI=1S/C15H28F3N5O3S/c1-3-7-20-13(24)4-8-21-14(19-2)22-11-12-5-9-23(10-6-12)27(25,26)15(16,17)18/h12H,3-11H2,1-2H3,(H,20,24)(H2,19,21,22). The lowest BCUT2D eigenvalue weighted by Gasteiger charge is -2.31. The van der Waals surface area contributed by atoms with Gasteiger partial charge in [-0.15, -0.1) is 0 Å². The minimum atomic E-state index is -5.26. The third-order valence-corrected chi connectivity index (χ3v) is 5.83. The van der Waals surface area contributed by atoms with Crippen LogP contribution in [0.2, 0.25) is 0 Å². The normalized spacial score (nSPS) is 17.6. The summed E-state index contributed by atoms with van der Waals surface area (Å²) in [5, 5.41) is 8.81. The van der Waals surface area contributed by atoms with Gasteiger partial charge in [0.25, 0.3) is 0 Å². The number of hydrogen-bond acceptors (Lipinski definition) is 4. The van der Waals surface area contributed by atoms with Crippen LogP contribution in [-0.4, -0.2) is 69.9 Å². The lowest BCUT2D eigenvalue weighted by molar-refractivity contribution is -0.120. The third kappa shape index (κ3) is 7.53. The molecular formula is C15H28F3N5O3S. The minimum absolute atomic E-state index is 0.0380. The van der Waals surface area contributed by atoms with Crippen LogP contribution in [0.5, 0.6) is 0 Å². The molecule has 1 aliphatic rings. The van der Waals surface area contributed by atoms with Crippen LogP contribution in [0.25, 0.3) is 0 Å². The van der Waals surface area contributed by atoms with Crippen molar-refractivity contribution in [3.8, 4) is 0 Å². The molecule has 3 N–H and O–H groups in total. The summed E-state index contributed by atoms with van der Waals surface area (Å²) in [6.45, 7) is 3.15. The zero-order valence-corrected chi connectivity index (χ0v) is 16.4. The van der Waals surface area contributed by atoms with Crippen LogP contribution in [-0.2, 0) is 14.8 Å². The fourth-order valence-corrected chi connectivity index (χ4v) is 3.59. The topological polar surface area (TPSA) is 103 Å². The summed E-state index contributed by atoms with van der Waals surface area (Å²) in [6.07, 6.45) is 1.83. The van der Waals surface area contributed by atoms with Crippen molar-refractivity contribution >= 4 is 21.9 Å². The molecule has 0 spiro atoms. The van der Waals surface area contributed by atoms with E-state index in [-0.39, 0.29) is 24.9 Å². The maximum atomic E-state index is 12.6. The first kappa shape index (κ1) is 23.5. The van der Waals surface area contributed by atoms with E-state index < -0.39 is 15.5 Å². The molecule has 1 aliphatic heterocycles. The third-order valence-electron chi connectivity index (χ3n) is 4.20. The fraction of sp³-hybridized carbons (Fsp3) is 0.867. The molecule has 0 bridgehead atoms. The SMILES string of the molecule is CCCNC(=O)CCNC(=NC)NCC1CCN(S(=O)(=O)C(F)(F)F)CC1. The lowest BCUT2D eigenvalue weighted by Crippen LogP contribution is -2.47. The van der Waals surface area contributed by atoms with E-state index in [9.17, 15) is 26.4 Å². The summed E-state index contributed by atoms with van der Waals surface area (Å²) >= 11 is 0. The number of carbonyl (C=O) groups excluding carboxylic acids is 1.